The van der Waals surface area contributed by atoms with Gasteiger partial charge in [0.15, 0.2) is 0 Å². The average molecular weight is 662 g/mol. The summed E-state index contributed by atoms with van der Waals surface area (Å²) in [6.07, 6.45) is 3.42. The number of alkyl carbamates (subject to hydrolysis) is 1. The summed E-state index contributed by atoms with van der Waals surface area (Å²) in [5.74, 6) is -1.92. The van der Waals surface area contributed by atoms with E-state index in [-0.39, 0.29) is 26.2 Å². The quantitative estimate of drug-likeness (QED) is 0.0987. The fraction of sp³-hybridized carbons (Fsp3) is 0.286. The maximum absolute atomic E-state index is 14.3. The van der Waals surface area contributed by atoms with E-state index in [1.165, 1.54) is 13.0 Å². The van der Waals surface area contributed by atoms with Gasteiger partial charge in [-0.05, 0) is 29.2 Å². The number of carbonyl (C=O) groups excluding carboxylic acids is 3. The molecule has 0 fully saturated rings. The van der Waals surface area contributed by atoms with Crippen molar-refractivity contribution in [3.63, 3.8) is 0 Å². The van der Waals surface area contributed by atoms with Gasteiger partial charge in [-0.25, -0.2) is 4.79 Å². The number of nitrogens with zero attached hydrogens (tertiary/aromatic N) is 1. The number of fused-ring (bicyclic) bond motifs is 1. The highest BCUT2D eigenvalue weighted by molar-refractivity contribution is 7.85. The highest BCUT2D eigenvalue weighted by Crippen LogP contribution is 2.34. The summed E-state index contributed by atoms with van der Waals surface area (Å²) in [6.45, 7) is 4.85. The molecule has 0 radical (unpaired) electrons. The van der Waals surface area contributed by atoms with Crippen LogP contribution in [0.3, 0.4) is 0 Å². The number of para-hydroxylation sites is 1. The Balaban J connectivity index is 1.80. The van der Waals surface area contributed by atoms with E-state index in [9.17, 15) is 22.8 Å². The smallest absolute Gasteiger partial charge is 0.408 e. The van der Waals surface area contributed by atoms with Crippen LogP contribution in [-0.4, -0.2) is 63.1 Å². The largest absolute Gasteiger partial charge is 0.463 e. The molecule has 0 aliphatic heterocycles. The molecule has 3 atom stereocenters. The number of benzene rings is 3. The van der Waals surface area contributed by atoms with Crippen LogP contribution in [-0.2, 0) is 39.9 Å². The van der Waals surface area contributed by atoms with E-state index in [1.807, 2.05) is 71.4 Å². The second-order valence-electron chi connectivity index (χ2n) is 10.9. The number of nitrogens with one attached hydrogen (secondary N) is 2. The van der Waals surface area contributed by atoms with Gasteiger partial charge in [0.25, 0.3) is 10.1 Å². The molecule has 0 aliphatic carbocycles. The number of carbonyl (C=O) groups is 3. The van der Waals surface area contributed by atoms with E-state index in [0.29, 0.717) is 17.7 Å². The zero-order valence-corrected chi connectivity index (χ0v) is 27.2. The summed E-state index contributed by atoms with van der Waals surface area (Å²) in [5.41, 5.74) is 3.29. The molecule has 2 amide bonds. The molecule has 0 spiro atoms. The summed E-state index contributed by atoms with van der Waals surface area (Å²) in [5, 5.41) is 6.44. The number of ether oxygens (including phenoxy) is 2. The molecular formula is C35H39N3O8S. The van der Waals surface area contributed by atoms with Gasteiger partial charge in [-0.15, -0.1) is 0 Å². The SMILES string of the molecule is C=CCOC(=O)N[C@H](C(=O)N[C@@H](COC(C)=O)c1ccccc1)[C@@H](CCOS(C)(=O)=O)c1cn(Cc2ccccc2)c2ccccc12. The standard InChI is InChI=1S/C35H39N3O8S/c1-4-20-44-35(41)37-33(34(40)36-31(24-45-25(2)39)27-15-9-6-10-16-27)29(19-21-46-47(3,42)43)30-23-38(22-26-13-7-5-8-14-26)32-18-12-11-17-28(30)32/h4-18,23,29,31,33H,1,19-22,24H2,2-3H3,(H,36,40)(H,37,41)/t29-,31-,33-/m0/s1. The number of hydrogen-bond donors (Lipinski definition) is 2. The van der Waals surface area contributed by atoms with Gasteiger partial charge in [0.1, 0.15) is 19.3 Å². The van der Waals surface area contributed by atoms with E-state index in [4.69, 9.17) is 13.7 Å². The molecule has 11 nitrogen and oxygen atoms in total. The Hall–Kier alpha value is -4.94. The lowest BCUT2D eigenvalue weighted by Gasteiger charge is -2.29. The molecule has 12 heteroatoms. The monoisotopic (exact) mass is 661 g/mol. The first-order valence-corrected chi connectivity index (χ1v) is 16.9. The minimum atomic E-state index is -3.81. The van der Waals surface area contributed by atoms with Crippen molar-refractivity contribution in [2.75, 3.05) is 26.1 Å². The number of hydrogen-bond acceptors (Lipinski definition) is 8. The van der Waals surface area contributed by atoms with Gasteiger partial charge in [-0.1, -0.05) is 91.5 Å². The van der Waals surface area contributed by atoms with Gasteiger partial charge in [0.05, 0.1) is 18.9 Å². The van der Waals surface area contributed by atoms with E-state index < -0.39 is 46.1 Å². The molecule has 2 N–H and O–H groups in total. The lowest BCUT2D eigenvalue weighted by atomic mass is 9.87. The average Bonchev–Trinajstić information content (AvgIpc) is 3.41. The number of aromatic nitrogens is 1. The van der Waals surface area contributed by atoms with Crippen molar-refractivity contribution in [2.24, 2.45) is 0 Å². The Kier molecular flexibility index (Phi) is 12.3. The van der Waals surface area contributed by atoms with Crippen LogP contribution in [0.25, 0.3) is 10.9 Å². The normalized spacial score (nSPS) is 13.2. The first-order valence-electron chi connectivity index (χ1n) is 15.0. The number of rotatable bonds is 16. The Morgan fingerprint density at radius 3 is 2.23 bits per heavy atom. The van der Waals surface area contributed by atoms with Crippen molar-refractivity contribution in [1.82, 2.24) is 15.2 Å². The molecule has 1 heterocycles. The van der Waals surface area contributed by atoms with Crippen molar-refractivity contribution < 1.29 is 36.5 Å². The van der Waals surface area contributed by atoms with E-state index in [0.717, 1.165) is 22.7 Å². The van der Waals surface area contributed by atoms with Crippen LogP contribution in [0.15, 0.2) is 104 Å². The topological polar surface area (TPSA) is 142 Å². The molecule has 3 aromatic carbocycles. The van der Waals surface area contributed by atoms with Crippen LogP contribution in [0.1, 0.15) is 42.0 Å². The summed E-state index contributed by atoms with van der Waals surface area (Å²) in [6, 6.07) is 24.4. The zero-order valence-electron chi connectivity index (χ0n) is 26.3. The predicted octanol–water partition coefficient (Wildman–Crippen LogP) is 4.84. The lowest BCUT2D eigenvalue weighted by Crippen LogP contribution is -2.51. The Morgan fingerprint density at radius 1 is 0.915 bits per heavy atom. The predicted molar refractivity (Wildman–Crippen MR) is 178 cm³/mol. The van der Waals surface area contributed by atoms with Crippen molar-refractivity contribution in [1.29, 1.82) is 0 Å². The molecule has 4 aromatic rings. The van der Waals surface area contributed by atoms with Crippen LogP contribution >= 0.6 is 0 Å². The third kappa shape index (κ3) is 10.3. The number of amides is 2. The Bertz CT molecular complexity index is 1770. The van der Waals surface area contributed by atoms with Crippen molar-refractivity contribution in [3.8, 4) is 0 Å². The number of esters is 1. The van der Waals surface area contributed by atoms with Crippen LogP contribution in [0, 0.1) is 0 Å². The van der Waals surface area contributed by atoms with Gasteiger partial charge in [0.2, 0.25) is 5.91 Å². The summed E-state index contributed by atoms with van der Waals surface area (Å²) in [4.78, 5) is 39.0. The second-order valence-corrected chi connectivity index (χ2v) is 12.6. The molecule has 4 rings (SSSR count). The second kappa shape index (κ2) is 16.6. The minimum absolute atomic E-state index is 0.0339. The molecule has 0 unspecified atom stereocenters. The molecule has 248 valence electrons. The van der Waals surface area contributed by atoms with Crippen molar-refractivity contribution >= 4 is 39.0 Å². The summed E-state index contributed by atoms with van der Waals surface area (Å²) < 4.78 is 41.6. The van der Waals surface area contributed by atoms with Crippen LogP contribution in [0.5, 0.6) is 0 Å². The first-order chi connectivity index (χ1) is 22.6. The van der Waals surface area contributed by atoms with Crippen molar-refractivity contribution in [2.45, 2.75) is 37.9 Å². The van der Waals surface area contributed by atoms with Gasteiger partial charge in [-0.3, -0.25) is 13.8 Å². The molecule has 0 saturated heterocycles. The van der Waals surface area contributed by atoms with E-state index >= 15 is 0 Å². The summed E-state index contributed by atoms with van der Waals surface area (Å²) >= 11 is 0. The van der Waals surface area contributed by atoms with Crippen molar-refractivity contribution in [3.05, 3.63) is 120 Å². The first kappa shape index (κ1) is 34.9. The van der Waals surface area contributed by atoms with E-state index in [2.05, 4.69) is 17.2 Å². The molecule has 1 aromatic heterocycles. The van der Waals surface area contributed by atoms with Gasteiger partial charge < -0.3 is 24.7 Å². The third-order valence-corrected chi connectivity index (χ3v) is 8.00. The van der Waals surface area contributed by atoms with Crippen LogP contribution in [0.4, 0.5) is 4.79 Å². The highest BCUT2D eigenvalue weighted by Gasteiger charge is 2.35. The van der Waals surface area contributed by atoms with Crippen LogP contribution in [0.2, 0.25) is 0 Å². The van der Waals surface area contributed by atoms with Gasteiger partial charge in [-0.2, -0.15) is 8.42 Å². The maximum Gasteiger partial charge on any atom is 0.408 e. The van der Waals surface area contributed by atoms with E-state index in [1.54, 1.807) is 24.3 Å². The molecular weight excluding hydrogens is 622 g/mol. The maximum atomic E-state index is 14.3. The Morgan fingerprint density at radius 2 is 1.57 bits per heavy atom. The molecule has 0 saturated carbocycles. The molecule has 47 heavy (non-hydrogen) atoms. The Labute approximate surface area is 274 Å². The fourth-order valence-corrected chi connectivity index (χ4v) is 5.73. The lowest BCUT2D eigenvalue weighted by molar-refractivity contribution is -0.142. The molecule has 0 bridgehead atoms. The van der Waals surface area contributed by atoms with Crippen LogP contribution < -0.4 is 10.6 Å². The third-order valence-electron chi connectivity index (χ3n) is 7.40. The zero-order chi connectivity index (χ0) is 33.8. The minimum Gasteiger partial charge on any atom is -0.463 e. The highest BCUT2D eigenvalue weighted by atomic mass is 32.2. The fourth-order valence-electron chi connectivity index (χ4n) is 5.33. The molecule has 0 aliphatic rings. The summed E-state index contributed by atoms with van der Waals surface area (Å²) in [7, 11) is -3.81. The van der Waals surface area contributed by atoms with Gasteiger partial charge >= 0.3 is 12.1 Å². The van der Waals surface area contributed by atoms with Gasteiger partial charge in [0, 0.05) is 36.5 Å².